The Balaban J connectivity index is 2.45. The molecule has 0 atom stereocenters. The van der Waals surface area contributed by atoms with Crippen LogP contribution >= 0.6 is 0 Å². The smallest absolute Gasteiger partial charge is 0.144 e. The van der Waals surface area contributed by atoms with E-state index < -0.39 is 0 Å². The fourth-order valence-electron chi connectivity index (χ4n) is 2.06. The summed E-state index contributed by atoms with van der Waals surface area (Å²) in [6, 6.07) is 10.5. The second kappa shape index (κ2) is 6.75. The van der Waals surface area contributed by atoms with Crippen LogP contribution in [0, 0.1) is 5.41 Å². The Kier molecular flexibility index (Phi) is 5.57. The molecule has 0 unspecified atom stereocenters. The van der Waals surface area contributed by atoms with E-state index in [0.717, 1.165) is 19.5 Å². The highest BCUT2D eigenvalue weighted by molar-refractivity contribution is 5.85. The van der Waals surface area contributed by atoms with Gasteiger partial charge in [0.05, 0.1) is 0 Å². The van der Waals surface area contributed by atoms with Gasteiger partial charge >= 0.3 is 0 Å². The summed E-state index contributed by atoms with van der Waals surface area (Å²) in [7, 11) is 0. The number of hydrogen-bond acceptors (Lipinski definition) is 3. The van der Waals surface area contributed by atoms with Crippen LogP contribution in [0.2, 0.25) is 0 Å². The van der Waals surface area contributed by atoms with Crippen LogP contribution < -0.4 is 11.1 Å². The number of benzene rings is 1. The first-order chi connectivity index (χ1) is 9.29. The molecule has 0 bridgehead atoms. The van der Waals surface area contributed by atoms with Crippen molar-refractivity contribution in [2.24, 2.45) is 16.3 Å². The Bertz CT molecular complexity index is 438. The minimum Gasteiger partial charge on any atom is -0.409 e. The fraction of sp³-hybridized carbons (Fsp3) is 0.562. The molecular formula is C16H27N3O. The Morgan fingerprint density at radius 1 is 1.20 bits per heavy atom. The topological polar surface area (TPSA) is 70.6 Å². The second-order valence-electron chi connectivity index (χ2n) is 6.55. The molecule has 0 spiro atoms. The molecule has 1 rings (SSSR count). The summed E-state index contributed by atoms with van der Waals surface area (Å²) in [5, 5.41) is 15.3. The molecule has 0 saturated heterocycles. The third-order valence-corrected chi connectivity index (χ3v) is 3.85. The summed E-state index contributed by atoms with van der Waals surface area (Å²) in [6.45, 7) is 10.1. The minimum atomic E-state index is -0.293. The van der Waals surface area contributed by atoms with Gasteiger partial charge in [0.2, 0.25) is 0 Å². The van der Waals surface area contributed by atoms with Crippen molar-refractivity contribution in [3.05, 3.63) is 35.9 Å². The molecule has 4 heteroatoms. The van der Waals surface area contributed by atoms with Gasteiger partial charge in [-0.05, 0) is 18.5 Å². The maximum atomic E-state index is 8.75. The highest BCUT2D eigenvalue weighted by Gasteiger charge is 2.24. The van der Waals surface area contributed by atoms with Gasteiger partial charge in [0.25, 0.3) is 0 Å². The zero-order chi connectivity index (χ0) is 15.2. The third kappa shape index (κ3) is 4.53. The van der Waals surface area contributed by atoms with E-state index in [1.807, 2.05) is 19.9 Å². The Morgan fingerprint density at radius 3 is 2.35 bits per heavy atom. The summed E-state index contributed by atoms with van der Waals surface area (Å²) >= 11 is 0. The van der Waals surface area contributed by atoms with Gasteiger partial charge in [-0.2, -0.15) is 0 Å². The monoisotopic (exact) mass is 277 g/mol. The van der Waals surface area contributed by atoms with Gasteiger partial charge in [-0.3, -0.25) is 0 Å². The maximum Gasteiger partial charge on any atom is 0.144 e. The van der Waals surface area contributed by atoms with Crippen molar-refractivity contribution in [2.45, 2.75) is 39.5 Å². The van der Waals surface area contributed by atoms with Crippen molar-refractivity contribution in [3.8, 4) is 0 Å². The van der Waals surface area contributed by atoms with Crippen molar-refractivity contribution in [1.29, 1.82) is 0 Å². The lowest BCUT2D eigenvalue weighted by Gasteiger charge is -2.28. The third-order valence-electron chi connectivity index (χ3n) is 3.85. The highest BCUT2D eigenvalue weighted by atomic mass is 16.4. The Labute approximate surface area is 122 Å². The van der Waals surface area contributed by atoms with Crippen LogP contribution in [0.15, 0.2) is 35.5 Å². The summed E-state index contributed by atoms with van der Waals surface area (Å²) in [6.07, 6.45) is 0.827. The molecule has 0 aliphatic carbocycles. The van der Waals surface area contributed by atoms with Gasteiger partial charge in [-0.25, -0.2) is 0 Å². The molecule has 0 heterocycles. The molecule has 112 valence electrons. The number of amidine groups is 1. The molecule has 0 aromatic heterocycles. The van der Waals surface area contributed by atoms with Crippen LogP contribution in [-0.4, -0.2) is 24.1 Å². The van der Waals surface area contributed by atoms with Gasteiger partial charge in [0, 0.05) is 17.4 Å². The Morgan fingerprint density at radius 2 is 1.80 bits per heavy atom. The van der Waals surface area contributed by atoms with E-state index in [9.17, 15) is 0 Å². The van der Waals surface area contributed by atoms with Crippen LogP contribution in [0.5, 0.6) is 0 Å². The van der Waals surface area contributed by atoms with E-state index in [1.165, 1.54) is 5.56 Å². The van der Waals surface area contributed by atoms with Crippen molar-refractivity contribution in [1.82, 2.24) is 5.32 Å². The molecule has 0 radical (unpaired) electrons. The van der Waals surface area contributed by atoms with Crippen molar-refractivity contribution in [2.75, 3.05) is 13.1 Å². The molecule has 0 aliphatic rings. The van der Waals surface area contributed by atoms with Crippen LogP contribution in [0.25, 0.3) is 0 Å². The molecular weight excluding hydrogens is 250 g/mol. The van der Waals surface area contributed by atoms with Gasteiger partial charge < -0.3 is 16.3 Å². The number of nitrogens with zero attached hydrogens (tertiary/aromatic N) is 1. The SMILES string of the molecule is CC(C)(CCNCC(C)(C)c1ccccc1)C(N)=NO. The molecule has 0 amide bonds. The zero-order valence-electron chi connectivity index (χ0n) is 13.0. The number of hydrogen-bond donors (Lipinski definition) is 3. The van der Waals surface area contributed by atoms with Gasteiger partial charge in [0.1, 0.15) is 5.84 Å². The predicted molar refractivity (Wildman–Crippen MR) is 84.1 cm³/mol. The van der Waals surface area contributed by atoms with E-state index in [4.69, 9.17) is 10.9 Å². The van der Waals surface area contributed by atoms with E-state index >= 15 is 0 Å². The summed E-state index contributed by atoms with van der Waals surface area (Å²) in [5.74, 6) is 0.279. The van der Waals surface area contributed by atoms with E-state index in [0.29, 0.717) is 0 Å². The van der Waals surface area contributed by atoms with Gasteiger partial charge in [0.15, 0.2) is 0 Å². The van der Waals surface area contributed by atoms with Crippen molar-refractivity contribution >= 4 is 5.84 Å². The number of rotatable bonds is 7. The number of oxime groups is 1. The molecule has 1 aromatic carbocycles. The average molecular weight is 277 g/mol. The lowest BCUT2D eigenvalue weighted by molar-refractivity contribution is 0.304. The molecule has 1 aromatic rings. The van der Waals surface area contributed by atoms with Crippen LogP contribution in [0.4, 0.5) is 0 Å². The van der Waals surface area contributed by atoms with Crippen molar-refractivity contribution < 1.29 is 5.21 Å². The fourth-order valence-corrected chi connectivity index (χ4v) is 2.06. The van der Waals surface area contributed by atoms with E-state index in [2.05, 4.69) is 48.6 Å². The highest BCUT2D eigenvalue weighted by Crippen LogP contribution is 2.23. The Hall–Kier alpha value is -1.55. The van der Waals surface area contributed by atoms with Crippen LogP contribution in [0.3, 0.4) is 0 Å². The lowest BCUT2D eigenvalue weighted by Crippen LogP contribution is -2.38. The molecule has 4 N–H and O–H groups in total. The standard InChI is InChI=1S/C16H27N3O/c1-15(2,14(17)19-20)10-11-18-12-16(3,4)13-8-6-5-7-9-13/h5-9,18,20H,10-12H2,1-4H3,(H2,17,19). The van der Waals surface area contributed by atoms with Gasteiger partial charge in [-0.1, -0.05) is 63.2 Å². The first-order valence-electron chi connectivity index (χ1n) is 7.04. The first kappa shape index (κ1) is 16.5. The molecule has 0 saturated carbocycles. The molecule has 0 aliphatic heterocycles. The lowest BCUT2D eigenvalue weighted by atomic mass is 9.84. The number of nitrogens with one attached hydrogen (secondary N) is 1. The predicted octanol–water partition coefficient (Wildman–Crippen LogP) is 2.72. The number of nitrogens with two attached hydrogens (primary N) is 1. The summed E-state index contributed by atoms with van der Waals surface area (Å²) in [5.41, 5.74) is 6.80. The van der Waals surface area contributed by atoms with Crippen LogP contribution in [0.1, 0.15) is 39.7 Å². The maximum absolute atomic E-state index is 8.75. The average Bonchev–Trinajstić information content (AvgIpc) is 2.43. The quantitative estimate of drug-likeness (QED) is 0.236. The van der Waals surface area contributed by atoms with Crippen molar-refractivity contribution in [3.63, 3.8) is 0 Å². The summed E-state index contributed by atoms with van der Waals surface area (Å²) < 4.78 is 0. The minimum absolute atomic E-state index is 0.0853. The second-order valence-corrected chi connectivity index (χ2v) is 6.55. The summed E-state index contributed by atoms with van der Waals surface area (Å²) in [4.78, 5) is 0. The molecule has 0 fully saturated rings. The zero-order valence-corrected chi connectivity index (χ0v) is 13.0. The molecule has 4 nitrogen and oxygen atoms in total. The van der Waals surface area contributed by atoms with E-state index in [-0.39, 0.29) is 16.7 Å². The van der Waals surface area contributed by atoms with E-state index in [1.54, 1.807) is 0 Å². The van der Waals surface area contributed by atoms with Crippen LogP contribution in [-0.2, 0) is 5.41 Å². The first-order valence-corrected chi connectivity index (χ1v) is 7.04. The molecule has 20 heavy (non-hydrogen) atoms. The van der Waals surface area contributed by atoms with Gasteiger partial charge in [-0.15, -0.1) is 0 Å². The normalized spacial score (nSPS) is 13.5. The largest absolute Gasteiger partial charge is 0.409 e.